The van der Waals surface area contributed by atoms with Gasteiger partial charge in [0.05, 0.1) is 18.1 Å². The Hall–Kier alpha value is -1.65. The lowest BCUT2D eigenvalue weighted by atomic mass is 10.1. The zero-order valence-electron chi connectivity index (χ0n) is 8.68. The summed E-state index contributed by atoms with van der Waals surface area (Å²) in [4.78, 5) is 0. The van der Waals surface area contributed by atoms with Gasteiger partial charge >= 0.3 is 6.18 Å². The molecule has 86 valence electrons. The Morgan fingerprint density at radius 1 is 1.25 bits per heavy atom. The van der Waals surface area contributed by atoms with E-state index in [1.165, 1.54) is 13.2 Å². The first-order valence-corrected chi connectivity index (χ1v) is 4.58. The second kappa shape index (κ2) is 3.43. The van der Waals surface area contributed by atoms with Gasteiger partial charge in [0.1, 0.15) is 11.3 Å². The minimum absolute atomic E-state index is 0.342. The summed E-state index contributed by atoms with van der Waals surface area (Å²) in [6.45, 7) is 1.64. The lowest BCUT2D eigenvalue weighted by molar-refractivity contribution is -0.137. The Balaban J connectivity index is 2.69. The molecular formula is C11H9F3O2. The van der Waals surface area contributed by atoms with Crippen LogP contribution in [0, 0.1) is 6.92 Å². The molecule has 0 fully saturated rings. The Morgan fingerprint density at radius 3 is 2.50 bits per heavy atom. The molecule has 0 bridgehead atoms. The molecule has 0 radical (unpaired) electrons. The maximum absolute atomic E-state index is 12.5. The molecule has 0 amide bonds. The highest BCUT2D eigenvalue weighted by atomic mass is 19.4. The van der Waals surface area contributed by atoms with Crippen molar-refractivity contribution in [1.82, 2.24) is 0 Å². The van der Waals surface area contributed by atoms with Crippen molar-refractivity contribution in [3.05, 3.63) is 29.5 Å². The van der Waals surface area contributed by atoms with Crippen molar-refractivity contribution in [3.63, 3.8) is 0 Å². The normalized spacial score (nSPS) is 12.1. The fourth-order valence-electron chi connectivity index (χ4n) is 1.63. The summed E-state index contributed by atoms with van der Waals surface area (Å²) >= 11 is 0. The molecule has 0 aliphatic heterocycles. The molecule has 0 aliphatic carbocycles. The van der Waals surface area contributed by atoms with Crippen molar-refractivity contribution in [2.24, 2.45) is 0 Å². The molecule has 0 saturated carbocycles. The summed E-state index contributed by atoms with van der Waals surface area (Å²) in [5, 5.41) is 0.342. The van der Waals surface area contributed by atoms with Crippen LogP contribution in [-0.4, -0.2) is 7.11 Å². The minimum Gasteiger partial charge on any atom is -0.492 e. The minimum atomic E-state index is -4.36. The molecule has 1 heterocycles. The zero-order valence-corrected chi connectivity index (χ0v) is 8.68. The Bertz CT molecular complexity index is 526. The summed E-state index contributed by atoms with van der Waals surface area (Å²) < 4.78 is 47.7. The number of hydrogen-bond donors (Lipinski definition) is 0. The number of aryl methyl sites for hydroxylation is 1. The highest BCUT2D eigenvalue weighted by Crippen LogP contribution is 2.37. The highest BCUT2D eigenvalue weighted by molar-refractivity contribution is 5.86. The number of hydrogen-bond acceptors (Lipinski definition) is 2. The SMILES string of the molecule is COc1c(C)oc2ccc(C(F)(F)F)cc12. The van der Waals surface area contributed by atoms with E-state index in [0.717, 1.165) is 12.1 Å². The van der Waals surface area contributed by atoms with Crippen LogP contribution in [0.3, 0.4) is 0 Å². The number of rotatable bonds is 1. The molecule has 0 unspecified atom stereocenters. The van der Waals surface area contributed by atoms with Crippen molar-refractivity contribution < 1.29 is 22.3 Å². The fourth-order valence-corrected chi connectivity index (χ4v) is 1.63. The third kappa shape index (κ3) is 1.62. The van der Waals surface area contributed by atoms with Gasteiger partial charge in [-0.1, -0.05) is 0 Å². The Labute approximate surface area is 89.6 Å². The van der Waals surface area contributed by atoms with Gasteiger partial charge in [-0.15, -0.1) is 0 Å². The maximum atomic E-state index is 12.5. The topological polar surface area (TPSA) is 22.4 Å². The van der Waals surface area contributed by atoms with Crippen LogP contribution >= 0.6 is 0 Å². The molecule has 2 aromatic rings. The van der Waals surface area contributed by atoms with Gasteiger partial charge in [-0.3, -0.25) is 0 Å². The van der Waals surface area contributed by atoms with Crippen LogP contribution in [0.5, 0.6) is 5.75 Å². The predicted molar refractivity (Wildman–Crippen MR) is 52.5 cm³/mol. The molecule has 2 nitrogen and oxygen atoms in total. The van der Waals surface area contributed by atoms with Gasteiger partial charge in [0.15, 0.2) is 5.75 Å². The van der Waals surface area contributed by atoms with Gasteiger partial charge < -0.3 is 9.15 Å². The van der Waals surface area contributed by atoms with Crippen LogP contribution < -0.4 is 4.74 Å². The summed E-state index contributed by atoms with van der Waals surface area (Å²) in [6, 6.07) is 3.32. The van der Waals surface area contributed by atoms with Gasteiger partial charge in [0, 0.05) is 0 Å². The molecule has 0 N–H and O–H groups in total. The van der Waals surface area contributed by atoms with Crippen LogP contribution in [0.4, 0.5) is 13.2 Å². The van der Waals surface area contributed by atoms with Crippen molar-refractivity contribution in [1.29, 1.82) is 0 Å². The number of halogens is 3. The number of benzene rings is 1. The Morgan fingerprint density at radius 2 is 1.94 bits per heavy atom. The summed E-state index contributed by atoms with van der Waals surface area (Å²) in [7, 11) is 1.40. The van der Waals surface area contributed by atoms with Crippen LogP contribution in [0.2, 0.25) is 0 Å². The molecule has 0 aliphatic rings. The molecule has 16 heavy (non-hydrogen) atoms. The van der Waals surface area contributed by atoms with Gasteiger partial charge in [-0.05, 0) is 25.1 Å². The molecule has 2 rings (SSSR count). The van der Waals surface area contributed by atoms with Crippen molar-refractivity contribution in [2.75, 3.05) is 7.11 Å². The predicted octanol–water partition coefficient (Wildman–Crippen LogP) is 3.77. The highest BCUT2D eigenvalue weighted by Gasteiger charge is 2.31. The maximum Gasteiger partial charge on any atom is 0.416 e. The van der Waals surface area contributed by atoms with Crippen molar-refractivity contribution in [2.45, 2.75) is 13.1 Å². The van der Waals surface area contributed by atoms with Crippen LogP contribution in [-0.2, 0) is 6.18 Å². The number of furan rings is 1. The second-order valence-electron chi connectivity index (χ2n) is 3.40. The third-order valence-corrected chi connectivity index (χ3v) is 2.34. The van der Waals surface area contributed by atoms with E-state index < -0.39 is 11.7 Å². The smallest absolute Gasteiger partial charge is 0.416 e. The molecule has 5 heteroatoms. The van der Waals surface area contributed by atoms with E-state index in [0.29, 0.717) is 22.5 Å². The molecule has 0 saturated heterocycles. The Kier molecular flexibility index (Phi) is 2.33. The van der Waals surface area contributed by atoms with E-state index >= 15 is 0 Å². The molecule has 0 atom stereocenters. The molecular weight excluding hydrogens is 221 g/mol. The van der Waals surface area contributed by atoms with E-state index in [4.69, 9.17) is 9.15 Å². The van der Waals surface area contributed by atoms with E-state index in [9.17, 15) is 13.2 Å². The lowest BCUT2D eigenvalue weighted by Crippen LogP contribution is -2.03. The van der Waals surface area contributed by atoms with Gasteiger partial charge in [-0.25, -0.2) is 0 Å². The van der Waals surface area contributed by atoms with Gasteiger partial charge in [0.25, 0.3) is 0 Å². The van der Waals surface area contributed by atoms with Crippen LogP contribution in [0.1, 0.15) is 11.3 Å². The van der Waals surface area contributed by atoms with E-state index in [1.54, 1.807) is 6.92 Å². The van der Waals surface area contributed by atoms with E-state index in [1.807, 2.05) is 0 Å². The zero-order chi connectivity index (χ0) is 11.9. The van der Waals surface area contributed by atoms with Crippen molar-refractivity contribution in [3.8, 4) is 5.75 Å². The third-order valence-electron chi connectivity index (χ3n) is 2.34. The lowest BCUT2D eigenvalue weighted by Gasteiger charge is -2.05. The summed E-state index contributed by atoms with van der Waals surface area (Å²) in [6.07, 6.45) is -4.36. The number of alkyl halides is 3. The van der Waals surface area contributed by atoms with E-state index in [-0.39, 0.29) is 0 Å². The average Bonchev–Trinajstić information content (AvgIpc) is 2.50. The van der Waals surface area contributed by atoms with Gasteiger partial charge in [0.2, 0.25) is 0 Å². The number of fused-ring (bicyclic) bond motifs is 1. The first-order chi connectivity index (χ1) is 7.43. The van der Waals surface area contributed by atoms with E-state index in [2.05, 4.69) is 0 Å². The molecule has 0 spiro atoms. The average molecular weight is 230 g/mol. The number of ether oxygens (including phenoxy) is 1. The summed E-state index contributed by atoms with van der Waals surface area (Å²) in [5.74, 6) is 0.818. The first-order valence-electron chi connectivity index (χ1n) is 4.58. The quantitative estimate of drug-likeness (QED) is 0.744. The first kappa shape index (κ1) is 10.9. The van der Waals surface area contributed by atoms with Crippen molar-refractivity contribution >= 4 is 11.0 Å². The van der Waals surface area contributed by atoms with Crippen LogP contribution in [0.15, 0.2) is 22.6 Å². The number of methoxy groups -OCH3 is 1. The second-order valence-corrected chi connectivity index (χ2v) is 3.40. The van der Waals surface area contributed by atoms with Gasteiger partial charge in [-0.2, -0.15) is 13.2 Å². The largest absolute Gasteiger partial charge is 0.492 e. The fraction of sp³-hybridized carbons (Fsp3) is 0.273. The standard InChI is InChI=1S/C11H9F3O2/c1-6-10(15-2)8-5-7(11(12,13)14)3-4-9(8)16-6/h3-5H,1-2H3. The monoisotopic (exact) mass is 230 g/mol. The van der Waals surface area contributed by atoms with Crippen LogP contribution in [0.25, 0.3) is 11.0 Å². The summed E-state index contributed by atoms with van der Waals surface area (Å²) in [5.41, 5.74) is -0.318. The molecule has 1 aromatic carbocycles. The molecule has 1 aromatic heterocycles.